The number of sulfonamides is 1. The lowest BCUT2D eigenvalue weighted by atomic mass is 10.1. The van der Waals surface area contributed by atoms with Gasteiger partial charge in [0.2, 0.25) is 10.0 Å². The number of H-pyrrole nitrogens is 1. The number of hydrogen-bond acceptors (Lipinski definition) is 5. The maximum absolute atomic E-state index is 13.7. The molecule has 2 aromatic carbocycles. The second kappa shape index (κ2) is 8.45. The zero-order chi connectivity index (χ0) is 24.7. The van der Waals surface area contributed by atoms with Crippen molar-refractivity contribution in [3.05, 3.63) is 93.5 Å². The summed E-state index contributed by atoms with van der Waals surface area (Å²) in [5.74, 6) is -1.81. The number of aryl methyl sites for hydroxylation is 1. The summed E-state index contributed by atoms with van der Waals surface area (Å²) in [5, 5.41) is 3.43. The monoisotopic (exact) mass is 490 g/mol. The van der Waals surface area contributed by atoms with E-state index in [4.69, 9.17) is 0 Å². The maximum Gasteiger partial charge on any atom is 0.435 e. The van der Waals surface area contributed by atoms with E-state index in [2.05, 4.69) is 10.1 Å². The summed E-state index contributed by atoms with van der Waals surface area (Å²) in [6.45, 7) is 1.29. The summed E-state index contributed by atoms with van der Waals surface area (Å²) < 4.78 is 68.3. The normalized spacial score (nSPS) is 12.1. The predicted octanol–water partition coefficient (Wildman–Crippen LogP) is 3.28. The van der Waals surface area contributed by atoms with Crippen LogP contribution in [-0.2, 0) is 22.0 Å². The minimum atomic E-state index is -4.90. The Balaban J connectivity index is 1.81. The van der Waals surface area contributed by atoms with E-state index in [1.54, 1.807) is 41.1 Å². The largest absolute Gasteiger partial charge is 0.435 e. The fourth-order valence-corrected chi connectivity index (χ4v) is 4.64. The molecule has 0 saturated heterocycles. The van der Waals surface area contributed by atoms with Crippen LogP contribution in [0.25, 0.3) is 16.8 Å². The van der Waals surface area contributed by atoms with Crippen molar-refractivity contribution in [1.82, 2.24) is 19.3 Å². The molecule has 0 radical (unpaired) electrons. The molecule has 2 aromatic heterocycles. The molecule has 0 atom stereocenters. The molecule has 1 amide bonds. The molecule has 2 N–H and O–H groups in total. The van der Waals surface area contributed by atoms with Crippen LogP contribution in [0, 0.1) is 6.92 Å². The van der Waals surface area contributed by atoms with Gasteiger partial charge in [-0.2, -0.15) is 22.8 Å². The lowest BCUT2D eigenvalue weighted by molar-refractivity contribution is -0.140. The number of amides is 1. The molecule has 0 aliphatic heterocycles. The SMILES string of the molecule is Cc1[nH]c2c(-c3ccccc3)c(C(F)(F)F)nn2c(=O)c1C(=O)NS(=O)(=O)Cc1ccccc1. The molecule has 4 rings (SSSR count). The smallest absolute Gasteiger partial charge is 0.342 e. The minimum Gasteiger partial charge on any atom is -0.342 e. The third-order valence-corrected chi connectivity index (χ3v) is 6.19. The number of fused-ring (bicyclic) bond motifs is 1. The van der Waals surface area contributed by atoms with Gasteiger partial charge in [-0.3, -0.25) is 9.59 Å². The fourth-order valence-electron chi connectivity index (χ4n) is 3.55. The Bertz CT molecular complexity index is 1540. The fraction of sp³-hybridized carbons (Fsp3) is 0.136. The van der Waals surface area contributed by atoms with Crippen molar-refractivity contribution in [2.24, 2.45) is 0 Å². The Morgan fingerprint density at radius 1 is 1.06 bits per heavy atom. The van der Waals surface area contributed by atoms with Crippen LogP contribution in [0.3, 0.4) is 0 Å². The number of hydrogen-bond donors (Lipinski definition) is 2. The second-order valence-electron chi connectivity index (χ2n) is 7.45. The number of aromatic amines is 1. The number of carbonyl (C=O) groups is 1. The molecule has 8 nitrogen and oxygen atoms in total. The number of aromatic nitrogens is 3. The van der Waals surface area contributed by atoms with Crippen LogP contribution in [0.2, 0.25) is 0 Å². The van der Waals surface area contributed by atoms with Crippen LogP contribution in [0.5, 0.6) is 0 Å². The highest BCUT2D eigenvalue weighted by Gasteiger charge is 2.39. The van der Waals surface area contributed by atoms with Gasteiger partial charge in [0.15, 0.2) is 5.69 Å². The highest BCUT2D eigenvalue weighted by Crippen LogP contribution is 2.38. The van der Waals surface area contributed by atoms with E-state index < -0.39 is 44.7 Å². The van der Waals surface area contributed by atoms with Gasteiger partial charge in [0.05, 0.1) is 11.3 Å². The first-order chi connectivity index (χ1) is 16.0. The third kappa shape index (κ3) is 4.44. The summed E-state index contributed by atoms with van der Waals surface area (Å²) in [7, 11) is -4.20. The summed E-state index contributed by atoms with van der Waals surface area (Å²) in [6.07, 6.45) is -4.90. The molecule has 4 aromatic rings. The predicted molar refractivity (Wildman–Crippen MR) is 118 cm³/mol. The van der Waals surface area contributed by atoms with Crippen molar-refractivity contribution in [3.8, 4) is 11.1 Å². The van der Waals surface area contributed by atoms with E-state index in [0.717, 1.165) is 0 Å². The molecule has 2 heterocycles. The van der Waals surface area contributed by atoms with Gasteiger partial charge < -0.3 is 4.98 Å². The van der Waals surface area contributed by atoms with Crippen LogP contribution in [0.15, 0.2) is 65.5 Å². The van der Waals surface area contributed by atoms with Crippen molar-refractivity contribution in [2.75, 3.05) is 0 Å². The van der Waals surface area contributed by atoms with E-state index in [0.29, 0.717) is 10.1 Å². The molecule has 0 fully saturated rings. The minimum absolute atomic E-state index is 0.115. The zero-order valence-corrected chi connectivity index (χ0v) is 18.4. The molecule has 34 heavy (non-hydrogen) atoms. The second-order valence-corrected chi connectivity index (χ2v) is 9.18. The summed E-state index contributed by atoms with van der Waals surface area (Å²) in [6, 6.07) is 15.6. The first kappa shape index (κ1) is 23.2. The first-order valence-electron chi connectivity index (χ1n) is 9.85. The van der Waals surface area contributed by atoms with Crippen molar-refractivity contribution in [2.45, 2.75) is 18.9 Å². The van der Waals surface area contributed by atoms with Gasteiger partial charge in [0.25, 0.3) is 11.5 Å². The van der Waals surface area contributed by atoms with Crippen LogP contribution in [0.4, 0.5) is 13.2 Å². The topological polar surface area (TPSA) is 113 Å². The molecular weight excluding hydrogens is 473 g/mol. The Morgan fingerprint density at radius 3 is 2.24 bits per heavy atom. The summed E-state index contributed by atoms with van der Waals surface area (Å²) in [4.78, 5) is 28.4. The Hall–Kier alpha value is -3.93. The Labute approximate surface area is 191 Å². The molecule has 12 heteroatoms. The number of carbonyl (C=O) groups excluding carboxylic acids is 1. The molecule has 0 aliphatic carbocycles. The molecule has 0 saturated carbocycles. The molecule has 0 unspecified atom stereocenters. The van der Waals surface area contributed by atoms with E-state index in [1.807, 2.05) is 0 Å². The number of nitrogens with one attached hydrogen (secondary N) is 2. The van der Waals surface area contributed by atoms with Gasteiger partial charge in [-0.15, -0.1) is 0 Å². The Morgan fingerprint density at radius 2 is 1.65 bits per heavy atom. The van der Waals surface area contributed by atoms with Crippen LogP contribution in [-0.4, -0.2) is 28.9 Å². The summed E-state index contributed by atoms with van der Waals surface area (Å²) in [5.41, 5.74) is -3.37. The van der Waals surface area contributed by atoms with E-state index in [9.17, 15) is 31.2 Å². The lowest BCUT2D eigenvalue weighted by Crippen LogP contribution is -2.37. The lowest BCUT2D eigenvalue weighted by Gasteiger charge is -2.10. The van der Waals surface area contributed by atoms with Gasteiger partial charge in [-0.25, -0.2) is 13.1 Å². The van der Waals surface area contributed by atoms with Crippen LogP contribution in [0.1, 0.15) is 27.3 Å². The number of benzene rings is 2. The number of alkyl halides is 3. The average molecular weight is 490 g/mol. The van der Waals surface area contributed by atoms with Crippen LogP contribution < -0.4 is 10.3 Å². The number of halogens is 3. The summed E-state index contributed by atoms with van der Waals surface area (Å²) >= 11 is 0. The van der Waals surface area contributed by atoms with E-state index in [1.165, 1.54) is 31.2 Å². The quantitative estimate of drug-likeness (QED) is 0.446. The molecule has 0 bridgehead atoms. The third-order valence-electron chi connectivity index (χ3n) is 4.98. The maximum atomic E-state index is 13.7. The average Bonchev–Trinajstić information content (AvgIpc) is 3.14. The number of rotatable bonds is 5. The van der Waals surface area contributed by atoms with E-state index in [-0.39, 0.29) is 22.5 Å². The van der Waals surface area contributed by atoms with Gasteiger partial charge in [-0.05, 0) is 18.1 Å². The van der Waals surface area contributed by atoms with Crippen molar-refractivity contribution < 1.29 is 26.4 Å². The van der Waals surface area contributed by atoms with Gasteiger partial charge in [0.1, 0.15) is 11.2 Å². The molecular formula is C22H17F3N4O4S. The van der Waals surface area contributed by atoms with E-state index >= 15 is 0 Å². The van der Waals surface area contributed by atoms with Crippen molar-refractivity contribution >= 4 is 21.6 Å². The van der Waals surface area contributed by atoms with Gasteiger partial charge in [-0.1, -0.05) is 60.7 Å². The molecule has 0 aliphatic rings. The highest BCUT2D eigenvalue weighted by molar-refractivity contribution is 7.89. The zero-order valence-electron chi connectivity index (χ0n) is 17.6. The standard InChI is InChI=1S/C22H17F3N4O4S/c1-13-16(20(30)28-34(32,33)12-14-8-4-2-5-9-14)21(31)29-19(26-13)17(15-10-6-3-7-11-15)18(27-29)22(23,24)25/h2-11,26H,12H2,1H3,(H,28,30). The van der Waals surface area contributed by atoms with Gasteiger partial charge in [0, 0.05) is 5.69 Å². The highest BCUT2D eigenvalue weighted by atomic mass is 32.2. The molecule has 0 spiro atoms. The molecule has 176 valence electrons. The van der Waals surface area contributed by atoms with Gasteiger partial charge >= 0.3 is 6.18 Å². The Kier molecular flexibility index (Phi) is 5.77. The van der Waals surface area contributed by atoms with Crippen molar-refractivity contribution in [1.29, 1.82) is 0 Å². The van der Waals surface area contributed by atoms with Crippen molar-refractivity contribution in [3.63, 3.8) is 0 Å². The first-order valence-corrected chi connectivity index (χ1v) is 11.5. The van der Waals surface area contributed by atoms with Crippen LogP contribution >= 0.6 is 0 Å². The number of nitrogens with zero attached hydrogens (tertiary/aromatic N) is 2.